The second-order valence-electron chi connectivity index (χ2n) is 5.73. The first-order valence-electron chi connectivity index (χ1n) is 8.27. The number of carbonyl (C=O) groups excluding carboxylic acids is 2. The Kier molecular flexibility index (Phi) is 7.75. The van der Waals surface area contributed by atoms with Gasteiger partial charge in [-0.1, -0.05) is 30.7 Å². The molecule has 2 amide bonds. The summed E-state index contributed by atoms with van der Waals surface area (Å²) in [4.78, 5) is 23.9. The van der Waals surface area contributed by atoms with E-state index in [2.05, 4.69) is 39.0 Å². The molecule has 0 aliphatic heterocycles. The summed E-state index contributed by atoms with van der Waals surface area (Å²) in [6, 6.07) is 12.8. The number of carbonyl (C=O) groups is 2. The quantitative estimate of drug-likeness (QED) is 0.482. The predicted octanol–water partition coefficient (Wildman–Crippen LogP) is 3.03. The number of halogens is 1. The van der Waals surface area contributed by atoms with Gasteiger partial charge in [-0.15, -0.1) is 0 Å². The molecule has 2 aromatic rings. The van der Waals surface area contributed by atoms with E-state index in [-0.39, 0.29) is 17.6 Å². The van der Waals surface area contributed by atoms with Gasteiger partial charge in [-0.2, -0.15) is 0 Å². The first-order valence-corrected chi connectivity index (χ1v) is 9.47. The number of ether oxygens (including phenoxy) is 1. The third-order valence-corrected chi connectivity index (χ3v) is 4.41. The van der Waals surface area contributed by atoms with Crippen molar-refractivity contribution in [3.8, 4) is 5.75 Å². The maximum absolute atomic E-state index is 12.1. The Morgan fingerprint density at radius 3 is 2.59 bits per heavy atom. The van der Waals surface area contributed by atoms with E-state index in [4.69, 9.17) is 17.0 Å². The van der Waals surface area contributed by atoms with E-state index >= 15 is 0 Å². The Morgan fingerprint density at radius 2 is 1.93 bits per heavy atom. The number of hydrogen-bond donors (Lipinski definition) is 3. The molecule has 0 bridgehead atoms. The summed E-state index contributed by atoms with van der Waals surface area (Å²) >= 11 is 8.42. The van der Waals surface area contributed by atoms with E-state index in [1.165, 1.54) is 0 Å². The van der Waals surface area contributed by atoms with Crippen LogP contribution in [0.25, 0.3) is 0 Å². The average molecular weight is 450 g/mol. The summed E-state index contributed by atoms with van der Waals surface area (Å²) in [6.07, 6.45) is 0.912. The van der Waals surface area contributed by atoms with E-state index in [0.29, 0.717) is 11.3 Å². The molecule has 0 aliphatic rings. The second kappa shape index (κ2) is 10.0. The smallest absolute Gasteiger partial charge is 0.276 e. The number of nitrogens with one attached hydrogen (secondary N) is 3. The summed E-state index contributed by atoms with van der Waals surface area (Å²) in [5.41, 5.74) is 7.46. The number of amides is 2. The molecule has 0 aliphatic carbocycles. The fraction of sp³-hybridized carbons (Fsp3) is 0.211. The van der Waals surface area contributed by atoms with Gasteiger partial charge in [0.2, 0.25) is 0 Å². The molecule has 0 unspecified atom stereocenters. The zero-order chi connectivity index (χ0) is 19.8. The van der Waals surface area contributed by atoms with E-state index < -0.39 is 5.91 Å². The van der Waals surface area contributed by atoms with E-state index in [0.717, 1.165) is 22.0 Å². The number of rotatable bonds is 5. The van der Waals surface area contributed by atoms with Crippen LogP contribution in [0.4, 0.5) is 0 Å². The van der Waals surface area contributed by atoms with Gasteiger partial charge < -0.3 is 4.74 Å². The molecule has 0 spiro atoms. The minimum atomic E-state index is -0.436. The van der Waals surface area contributed by atoms with Gasteiger partial charge in [0.15, 0.2) is 11.7 Å². The largest absolute Gasteiger partial charge is 0.483 e. The zero-order valence-electron chi connectivity index (χ0n) is 15.0. The highest BCUT2D eigenvalue weighted by Crippen LogP contribution is 2.26. The first kappa shape index (κ1) is 20.9. The highest BCUT2D eigenvalue weighted by molar-refractivity contribution is 9.10. The second-order valence-corrected chi connectivity index (χ2v) is 7.00. The SMILES string of the molecule is CCc1ccc(OCC(=O)NNC(=S)NC(=O)c2cccc(C)c2)c(Br)c1. The molecule has 2 rings (SSSR count). The van der Waals surface area contributed by atoms with Crippen molar-refractivity contribution in [2.45, 2.75) is 20.3 Å². The van der Waals surface area contributed by atoms with Crippen LogP contribution in [0.15, 0.2) is 46.9 Å². The monoisotopic (exact) mass is 449 g/mol. The lowest BCUT2D eigenvalue weighted by Crippen LogP contribution is -2.49. The van der Waals surface area contributed by atoms with Crippen molar-refractivity contribution in [1.82, 2.24) is 16.2 Å². The molecule has 142 valence electrons. The molecule has 0 atom stereocenters. The lowest BCUT2D eigenvalue weighted by atomic mass is 10.1. The van der Waals surface area contributed by atoms with Crippen molar-refractivity contribution in [1.29, 1.82) is 0 Å². The Labute approximate surface area is 171 Å². The third kappa shape index (κ3) is 6.65. The molecule has 0 heterocycles. The molecule has 6 nitrogen and oxygen atoms in total. The summed E-state index contributed by atoms with van der Waals surface area (Å²) in [5.74, 6) is -0.229. The van der Waals surface area contributed by atoms with Crippen LogP contribution in [0.3, 0.4) is 0 Å². The molecular weight excluding hydrogens is 430 g/mol. The van der Waals surface area contributed by atoms with Crippen molar-refractivity contribution in [2.75, 3.05) is 6.61 Å². The number of benzene rings is 2. The zero-order valence-corrected chi connectivity index (χ0v) is 17.4. The maximum Gasteiger partial charge on any atom is 0.276 e. The van der Waals surface area contributed by atoms with Crippen LogP contribution in [-0.2, 0) is 11.2 Å². The highest BCUT2D eigenvalue weighted by atomic mass is 79.9. The van der Waals surface area contributed by atoms with E-state index in [9.17, 15) is 9.59 Å². The topological polar surface area (TPSA) is 79.5 Å². The van der Waals surface area contributed by atoms with Crippen molar-refractivity contribution in [3.63, 3.8) is 0 Å². The number of hydrogen-bond acceptors (Lipinski definition) is 4. The Bertz CT molecular complexity index is 858. The minimum absolute atomic E-state index is 0.0108. The Hall–Kier alpha value is -2.45. The first-order chi connectivity index (χ1) is 12.9. The van der Waals surface area contributed by atoms with Crippen LogP contribution >= 0.6 is 28.1 Å². The molecule has 0 saturated carbocycles. The maximum atomic E-state index is 12.1. The van der Waals surface area contributed by atoms with Crippen molar-refractivity contribution in [2.24, 2.45) is 0 Å². The fourth-order valence-electron chi connectivity index (χ4n) is 2.18. The predicted molar refractivity (Wildman–Crippen MR) is 112 cm³/mol. The number of thiocarbonyl (C=S) groups is 1. The van der Waals surface area contributed by atoms with Crippen molar-refractivity contribution < 1.29 is 14.3 Å². The summed E-state index contributed by atoms with van der Waals surface area (Å²) in [6.45, 7) is 3.75. The van der Waals surface area contributed by atoms with Crippen LogP contribution < -0.4 is 20.9 Å². The fourth-order valence-corrected chi connectivity index (χ4v) is 2.86. The molecule has 0 aromatic heterocycles. The van der Waals surface area contributed by atoms with Gasteiger partial charge in [0.1, 0.15) is 5.75 Å². The molecule has 0 fully saturated rings. The molecule has 27 heavy (non-hydrogen) atoms. The van der Waals surface area contributed by atoms with Crippen molar-refractivity contribution >= 4 is 45.1 Å². The van der Waals surface area contributed by atoms with Gasteiger partial charge in [-0.3, -0.25) is 25.8 Å². The molecular formula is C19H20BrN3O3S. The Morgan fingerprint density at radius 1 is 1.15 bits per heavy atom. The standard InChI is InChI=1S/C19H20BrN3O3S/c1-3-13-7-8-16(15(20)10-13)26-11-17(24)22-23-19(27)21-18(25)14-6-4-5-12(2)9-14/h4-10H,3,11H2,1-2H3,(H,22,24)(H2,21,23,25,27). The number of aryl methyl sites for hydroxylation is 2. The van der Waals surface area contributed by atoms with Crippen LogP contribution in [0.5, 0.6) is 5.75 Å². The van der Waals surface area contributed by atoms with Gasteiger partial charge in [0.25, 0.3) is 11.8 Å². The molecule has 0 saturated heterocycles. The lowest BCUT2D eigenvalue weighted by molar-refractivity contribution is -0.123. The summed E-state index contributed by atoms with van der Waals surface area (Å²) in [7, 11) is 0. The molecule has 3 N–H and O–H groups in total. The van der Waals surface area contributed by atoms with Crippen LogP contribution in [0.1, 0.15) is 28.4 Å². The van der Waals surface area contributed by atoms with Gasteiger partial charge in [0.05, 0.1) is 4.47 Å². The normalized spacial score (nSPS) is 10.0. The highest BCUT2D eigenvalue weighted by Gasteiger charge is 2.10. The van der Waals surface area contributed by atoms with Gasteiger partial charge in [-0.25, -0.2) is 0 Å². The summed E-state index contributed by atoms with van der Waals surface area (Å²) < 4.78 is 6.25. The van der Waals surface area contributed by atoms with Crippen molar-refractivity contribution in [3.05, 3.63) is 63.6 Å². The van der Waals surface area contributed by atoms with Crippen LogP contribution in [0.2, 0.25) is 0 Å². The van der Waals surface area contributed by atoms with Crippen LogP contribution in [0, 0.1) is 6.92 Å². The van der Waals surface area contributed by atoms with E-state index in [1.54, 1.807) is 24.3 Å². The average Bonchev–Trinajstić information content (AvgIpc) is 2.65. The van der Waals surface area contributed by atoms with E-state index in [1.807, 2.05) is 25.1 Å². The minimum Gasteiger partial charge on any atom is -0.483 e. The van der Waals surface area contributed by atoms with Gasteiger partial charge in [-0.05, 0) is 71.3 Å². The molecule has 2 aromatic carbocycles. The van der Waals surface area contributed by atoms with Gasteiger partial charge in [0, 0.05) is 5.56 Å². The number of hydrazine groups is 1. The Balaban J connectivity index is 1.76. The third-order valence-electron chi connectivity index (χ3n) is 3.59. The molecule has 8 heteroatoms. The van der Waals surface area contributed by atoms with Crippen LogP contribution in [-0.4, -0.2) is 23.5 Å². The lowest BCUT2D eigenvalue weighted by Gasteiger charge is -2.12. The van der Waals surface area contributed by atoms with Gasteiger partial charge >= 0.3 is 0 Å². The summed E-state index contributed by atoms with van der Waals surface area (Å²) in [5, 5.41) is 2.48. The molecule has 0 radical (unpaired) electrons.